The SMILES string of the molecule is Cn1cnnc1SCc1ccc(C(=O)N/N=C\c2cccc([N+](=O)[O-])c2)cc1. The normalized spacial score (nSPS) is 10.9. The molecule has 0 bridgehead atoms. The molecule has 28 heavy (non-hydrogen) atoms. The first kappa shape index (κ1) is 19.2. The molecule has 0 spiro atoms. The van der Waals surface area contributed by atoms with E-state index >= 15 is 0 Å². The lowest BCUT2D eigenvalue weighted by atomic mass is 10.1. The summed E-state index contributed by atoms with van der Waals surface area (Å²) >= 11 is 1.55. The quantitative estimate of drug-likeness (QED) is 0.284. The van der Waals surface area contributed by atoms with E-state index in [4.69, 9.17) is 0 Å². The van der Waals surface area contributed by atoms with E-state index in [1.54, 1.807) is 42.4 Å². The summed E-state index contributed by atoms with van der Waals surface area (Å²) in [5.41, 5.74) is 4.40. The molecule has 0 saturated heterocycles. The van der Waals surface area contributed by atoms with Gasteiger partial charge in [0.05, 0.1) is 11.1 Å². The highest BCUT2D eigenvalue weighted by Crippen LogP contribution is 2.20. The maximum atomic E-state index is 12.2. The Labute approximate surface area is 164 Å². The highest BCUT2D eigenvalue weighted by molar-refractivity contribution is 7.98. The second kappa shape index (κ2) is 8.91. The molecular weight excluding hydrogens is 380 g/mol. The van der Waals surface area contributed by atoms with E-state index < -0.39 is 4.92 Å². The molecule has 142 valence electrons. The Kier molecular flexibility index (Phi) is 6.12. The molecule has 0 aliphatic heterocycles. The fraction of sp³-hybridized carbons (Fsp3) is 0.111. The number of benzene rings is 2. The zero-order chi connectivity index (χ0) is 19.9. The predicted octanol–water partition coefficient (Wildman–Crippen LogP) is 2.78. The van der Waals surface area contributed by atoms with Crippen LogP contribution in [-0.4, -0.2) is 31.8 Å². The molecule has 0 atom stereocenters. The van der Waals surface area contributed by atoms with Crippen molar-refractivity contribution in [3.63, 3.8) is 0 Å². The van der Waals surface area contributed by atoms with Crippen LogP contribution in [0.4, 0.5) is 5.69 Å². The van der Waals surface area contributed by atoms with Gasteiger partial charge in [-0.2, -0.15) is 5.10 Å². The zero-order valence-electron chi connectivity index (χ0n) is 14.8. The first-order valence-electron chi connectivity index (χ1n) is 8.16. The van der Waals surface area contributed by atoms with Gasteiger partial charge in [0.25, 0.3) is 11.6 Å². The van der Waals surface area contributed by atoms with Gasteiger partial charge in [-0.05, 0) is 17.7 Å². The number of nitrogens with zero attached hydrogens (tertiary/aromatic N) is 5. The third-order valence-electron chi connectivity index (χ3n) is 3.71. The maximum Gasteiger partial charge on any atom is 0.271 e. The molecule has 3 rings (SSSR count). The molecule has 0 fully saturated rings. The lowest BCUT2D eigenvalue weighted by Gasteiger charge is -2.03. The summed E-state index contributed by atoms with van der Waals surface area (Å²) in [4.78, 5) is 22.4. The fourth-order valence-electron chi connectivity index (χ4n) is 2.25. The summed E-state index contributed by atoms with van der Waals surface area (Å²) in [5.74, 6) is 0.341. The average molecular weight is 396 g/mol. The Morgan fingerprint density at radius 2 is 2.11 bits per heavy atom. The smallest absolute Gasteiger partial charge is 0.271 e. The van der Waals surface area contributed by atoms with Crippen molar-refractivity contribution in [1.29, 1.82) is 0 Å². The summed E-state index contributed by atoms with van der Waals surface area (Å²) in [6.07, 6.45) is 3.00. The number of nitrogens with one attached hydrogen (secondary N) is 1. The van der Waals surface area contributed by atoms with Crippen LogP contribution in [0.5, 0.6) is 0 Å². The molecule has 2 aromatic carbocycles. The molecule has 0 saturated carbocycles. The lowest BCUT2D eigenvalue weighted by molar-refractivity contribution is -0.384. The minimum Gasteiger partial charge on any atom is -0.312 e. The Hall–Kier alpha value is -3.53. The molecule has 10 heteroatoms. The Bertz CT molecular complexity index is 1020. The van der Waals surface area contributed by atoms with Gasteiger partial charge in [-0.15, -0.1) is 10.2 Å². The summed E-state index contributed by atoms with van der Waals surface area (Å²) in [6, 6.07) is 13.1. The van der Waals surface area contributed by atoms with Crippen LogP contribution < -0.4 is 5.43 Å². The first-order valence-corrected chi connectivity index (χ1v) is 9.15. The zero-order valence-corrected chi connectivity index (χ0v) is 15.7. The van der Waals surface area contributed by atoms with Gasteiger partial charge in [-0.25, -0.2) is 5.43 Å². The van der Waals surface area contributed by atoms with E-state index in [9.17, 15) is 14.9 Å². The van der Waals surface area contributed by atoms with E-state index in [0.717, 1.165) is 10.7 Å². The van der Waals surface area contributed by atoms with Gasteiger partial charge in [0.1, 0.15) is 6.33 Å². The maximum absolute atomic E-state index is 12.2. The third kappa shape index (κ3) is 5.01. The van der Waals surface area contributed by atoms with Crippen molar-refractivity contribution in [3.05, 3.63) is 81.7 Å². The van der Waals surface area contributed by atoms with Crippen LogP contribution in [0.1, 0.15) is 21.5 Å². The largest absolute Gasteiger partial charge is 0.312 e. The minimum absolute atomic E-state index is 0.0370. The fourth-order valence-corrected chi connectivity index (χ4v) is 3.10. The average Bonchev–Trinajstić information content (AvgIpc) is 3.11. The number of carbonyl (C=O) groups is 1. The molecule has 9 nitrogen and oxygen atoms in total. The van der Waals surface area contributed by atoms with Crippen LogP contribution in [0.25, 0.3) is 0 Å². The van der Waals surface area contributed by atoms with Crippen molar-refractivity contribution in [2.45, 2.75) is 10.9 Å². The number of rotatable bonds is 7. The standard InChI is InChI=1S/C18H16N6O3S/c1-23-12-20-22-18(23)28-11-13-5-7-15(8-6-13)17(25)21-19-10-14-3-2-4-16(9-14)24(26)27/h2-10,12H,11H2,1H3,(H,21,25)/b19-10-. The lowest BCUT2D eigenvalue weighted by Crippen LogP contribution is -2.17. The molecular formula is C18H16N6O3S. The summed E-state index contributed by atoms with van der Waals surface area (Å²) in [6.45, 7) is 0. The Morgan fingerprint density at radius 1 is 1.32 bits per heavy atom. The van der Waals surface area contributed by atoms with Gasteiger partial charge in [-0.3, -0.25) is 14.9 Å². The number of thioether (sulfide) groups is 1. The third-order valence-corrected chi connectivity index (χ3v) is 4.82. The number of hydrazone groups is 1. The summed E-state index contributed by atoms with van der Waals surface area (Å²) in [5, 5.41) is 23.3. The second-order valence-electron chi connectivity index (χ2n) is 5.76. The summed E-state index contributed by atoms with van der Waals surface area (Å²) < 4.78 is 1.84. The number of aryl methyl sites for hydroxylation is 1. The molecule has 0 aliphatic rings. The molecule has 1 amide bonds. The van der Waals surface area contributed by atoms with Crippen LogP contribution >= 0.6 is 11.8 Å². The van der Waals surface area contributed by atoms with Crippen molar-refractivity contribution in [1.82, 2.24) is 20.2 Å². The van der Waals surface area contributed by atoms with E-state index in [-0.39, 0.29) is 11.6 Å². The number of hydrogen-bond donors (Lipinski definition) is 1. The van der Waals surface area contributed by atoms with Crippen molar-refractivity contribution in [3.8, 4) is 0 Å². The van der Waals surface area contributed by atoms with Crippen LogP contribution in [0.3, 0.4) is 0 Å². The number of aromatic nitrogens is 3. The van der Waals surface area contributed by atoms with Gasteiger partial charge >= 0.3 is 0 Å². The van der Waals surface area contributed by atoms with Crippen molar-refractivity contribution >= 4 is 29.6 Å². The van der Waals surface area contributed by atoms with E-state index in [2.05, 4.69) is 20.7 Å². The molecule has 1 N–H and O–H groups in total. The van der Waals surface area contributed by atoms with Crippen LogP contribution in [0.2, 0.25) is 0 Å². The Balaban J connectivity index is 1.55. The topological polar surface area (TPSA) is 115 Å². The van der Waals surface area contributed by atoms with Gasteiger partial charge in [0.15, 0.2) is 5.16 Å². The molecule has 0 unspecified atom stereocenters. The number of non-ortho nitro benzene ring substituents is 1. The van der Waals surface area contributed by atoms with Gasteiger partial charge in [0, 0.05) is 36.1 Å². The second-order valence-corrected chi connectivity index (χ2v) is 6.70. The first-order chi connectivity index (χ1) is 13.5. The van der Waals surface area contributed by atoms with Gasteiger partial charge < -0.3 is 4.57 Å². The Morgan fingerprint density at radius 3 is 2.79 bits per heavy atom. The minimum atomic E-state index is -0.486. The molecule has 0 aliphatic carbocycles. The number of nitro benzene ring substituents is 1. The van der Waals surface area contributed by atoms with Crippen LogP contribution in [0.15, 0.2) is 65.1 Å². The van der Waals surface area contributed by atoms with Crippen molar-refractivity contribution in [2.24, 2.45) is 12.1 Å². The number of amides is 1. The van der Waals surface area contributed by atoms with E-state index in [1.807, 2.05) is 23.7 Å². The number of nitro groups is 1. The van der Waals surface area contributed by atoms with Crippen LogP contribution in [0, 0.1) is 10.1 Å². The molecule has 1 heterocycles. The number of hydrogen-bond acceptors (Lipinski definition) is 7. The highest BCUT2D eigenvalue weighted by atomic mass is 32.2. The molecule has 1 aromatic heterocycles. The monoisotopic (exact) mass is 396 g/mol. The van der Waals surface area contributed by atoms with Gasteiger partial charge in [-0.1, -0.05) is 36.0 Å². The predicted molar refractivity (Wildman–Crippen MR) is 105 cm³/mol. The van der Waals surface area contributed by atoms with E-state index in [0.29, 0.717) is 16.9 Å². The highest BCUT2D eigenvalue weighted by Gasteiger charge is 2.07. The van der Waals surface area contributed by atoms with Crippen molar-refractivity contribution in [2.75, 3.05) is 0 Å². The molecule has 3 aromatic rings. The van der Waals surface area contributed by atoms with Gasteiger partial charge in [0.2, 0.25) is 0 Å². The number of carbonyl (C=O) groups excluding carboxylic acids is 1. The van der Waals surface area contributed by atoms with Crippen molar-refractivity contribution < 1.29 is 9.72 Å². The molecule has 0 radical (unpaired) electrons. The van der Waals surface area contributed by atoms with E-state index in [1.165, 1.54) is 18.3 Å². The van der Waals surface area contributed by atoms with Crippen LogP contribution in [-0.2, 0) is 12.8 Å². The summed E-state index contributed by atoms with van der Waals surface area (Å²) in [7, 11) is 1.88.